The number of halogens is 1. The molecule has 104 valence electrons. The highest BCUT2D eigenvalue weighted by Gasteiger charge is 2.03. The van der Waals surface area contributed by atoms with E-state index in [1.54, 1.807) is 18.2 Å². The first kappa shape index (κ1) is 14.7. The van der Waals surface area contributed by atoms with Gasteiger partial charge in [-0.05, 0) is 18.6 Å². The number of nitrogens with one attached hydrogen (secondary N) is 2. The van der Waals surface area contributed by atoms with Crippen molar-refractivity contribution in [2.24, 2.45) is 0 Å². The minimum absolute atomic E-state index is 0.248. The average Bonchev–Trinajstić information content (AvgIpc) is 2.37. The lowest BCUT2D eigenvalue weighted by Gasteiger charge is -2.08. The van der Waals surface area contributed by atoms with Crippen LogP contribution in [-0.2, 0) is 4.79 Å². The van der Waals surface area contributed by atoms with E-state index in [1.807, 2.05) is 0 Å². The first-order valence-electron chi connectivity index (χ1n) is 5.67. The molecule has 7 heteroatoms. The zero-order chi connectivity index (χ0) is 14.1. The Hall–Kier alpha value is -2.31. The molecule has 2 amide bonds. The van der Waals surface area contributed by atoms with Crippen LogP contribution < -0.4 is 15.4 Å². The number of alkyl halides is 1. The molecule has 0 aliphatic rings. The Morgan fingerprint density at radius 2 is 2.16 bits per heavy atom. The summed E-state index contributed by atoms with van der Waals surface area (Å²) in [7, 11) is 0. The molecule has 0 bridgehead atoms. The van der Waals surface area contributed by atoms with Crippen LogP contribution in [0.25, 0.3) is 0 Å². The summed E-state index contributed by atoms with van der Waals surface area (Å²) in [6.07, 6.45) is 0.259. The van der Waals surface area contributed by atoms with Crippen LogP contribution in [0.5, 0.6) is 5.75 Å². The second-order valence-corrected chi connectivity index (χ2v) is 3.63. The Kier molecular flexibility index (Phi) is 6.14. The highest BCUT2D eigenvalue weighted by Crippen LogP contribution is 2.17. The smallest absolute Gasteiger partial charge is 0.341 e. The number of hydrogen-bond acceptors (Lipinski definition) is 3. The number of amides is 2. The molecule has 0 aliphatic carbocycles. The molecule has 6 nitrogen and oxygen atoms in total. The molecule has 0 saturated heterocycles. The maximum atomic E-state index is 11.8. The number of carboxylic acids is 1. The van der Waals surface area contributed by atoms with Gasteiger partial charge in [-0.25, -0.2) is 9.59 Å². The molecule has 19 heavy (non-hydrogen) atoms. The van der Waals surface area contributed by atoms with E-state index in [9.17, 15) is 14.0 Å². The van der Waals surface area contributed by atoms with Gasteiger partial charge in [-0.1, -0.05) is 6.07 Å². The van der Waals surface area contributed by atoms with E-state index < -0.39 is 25.3 Å². The van der Waals surface area contributed by atoms with Gasteiger partial charge in [0.2, 0.25) is 0 Å². The average molecular weight is 270 g/mol. The predicted molar refractivity (Wildman–Crippen MR) is 67.2 cm³/mol. The van der Waals surface area contributed by atoms with Gasteiger partial charge in [0.05, 0.1) is 6.67 Å². The van der Waals surface area contributed by atoms with Gasteiger partial charge in [-0.2, -0.15) is 0 Å². The summed E-state index contributed by atoms with van der Waals surface area (Å²) in [5.41, 5.74) is 0.459. The lowest BCUT2D eigenvalue weighted by molar-refractivity contribution is -0.139. The summed E-state index contributed by atoms with van der Waals surface area (Å²) in [5.74, 6) is -0.744. The highest BCUT2D eigenvalue weighted by atomic mass is 19.1. The summed E-state index contributed by atoms with van der Waals surface area (Å²) >= 11 is 0. The summed E-state index contributed by atoms with van der Waals surface area (Å²) in [4.78, 5) is 21.7. The summed E-state index contributed by atoms with van der Waals surface area (Å²) < 4.78 is 16.8. The van der Waals surface area contributed by atoms with Crippen molar-refractivity contribution in [3.05, 3.63) is 24.3 Å². The fraction of sp³-hybridized carbons (Fsp3) is 0.333. The topological polar surface area (TPSA) is 87.7 Å². The largest absolute Gasteiger partial charge is 0.482 e. The first-order valence-corrected chi connectivity index (χ1v) is 5.67. The van der Waals surface area contributed by atoms with Crippen LogP contribution in [-0.4, -0.2) is 36.9 Å². The number of carbonyl (C=O) groups is 2. The summed E-state index contributed by atoms with van der Waals surface area (Å²) in [6, 6.07) is 5.87. The standard InChI is InChI=1S/C12H15FN2O4/c13-5-2-6-14-12(18)15-9-3-1-4-10(7-9)19-8-11(16)17/h1,3-4,7H,2,5-6,8H2,(H,16,17)(H2,14,15,18). The fourth-order valence-electron chi connectivity index (χ4n) is 1.25. The molecule has 0 atom stereocenters. The van der Waals surface area contributed by atoms with Crippen molar-refractivity contribution in [3.63, 3.8) is 0 Å². The van der Waals surface area contributed by atoms with Gasteiger partial charge in [0.25, 0.3) is 0 Å². The van der Waals surface area contributed by atoms with Gasteiger partial charge in [-0.3, -0.25) is 4.39 Å². The van der Waals surface area contributed by atoms with Crippen LogP contribution in [0.15, 0.2) is 24.3 Å². The van der Waals surface area contributed by atoms with E-state index in [0.29, 0.717) is 11.4 Å². The molecule has 0 aromatic heterocycles. The van der Waals surface area contributed by atoms with Crippen LogP contribution in [0.2, 0.25) is 0 Å². The number of rotatable bonds is 7. The van der Waals surface area contributed by atoms with Gasteiger partial charge in [0, 0.05) is 18.3 Å². The zero-order valence-corrected chi connectivity index (χ0v) is 10.2. The molecule has 0 aliphatic heterocycles. The Labute approximate surface area is 109 Å². The third-order valence-corrected chi connectivity index (χ3v) is 2.05. The number of benzene rings is 1. The fourth-order valence-corrected chi connectivity index (χ4v) is 1.25. The second-order valence-electron chi connectivity index (χ2n) is 3.63. The number of carbonyl (C=O) groups excluding carboxylic acids is 1. The van der Waals surface area contributed by atoms with Crippen molar-refractivity contribution < 1.29 is 23.8 Å². The Morgan fingerprint density at radius 3 is 2.84 bits per heavy atom. The van der Waals surface area contributed by atoms with Crippen molar-refractivity contribution in [2.75, 3.05) is 25.1 Å². The lowest BCUT2D eigenvalue weighted by atomic mass is 10.3. The number of aliphatic carboxylic acids is 1. The Bertz CT molecular complexity index is 439. The molecule has 1 aromatic carbocycles. The van der Waals surface area contributed by atoms with E-state index in [4.69, 9.17) is 9.84 Å². The van der Waals surface area contributed by atoms with Gasteiger partial charge in [0.15, 0.2) is 6.61 Å². The van der Waals surface area contributed by atoms with Crippen molar-refractivity contribution >= 4 is 17.7 Å². The van der Waals surface area contributed by atoms with Crippen molar-refractivity contribution in [3.8, 4) is 5.75 Å². The molecule has 1 rings (SSSR count). The SMILES string of the molecule is O=C(O)COc1cccc(NC(=O)NCCCF)c1. The molecule has 3 N–H and O–H groups in total. The monoisotopic (exact) mass is 270 g/mol. The third kappa shape index (κ3) is 6.25. The minimum atomic E-state index is -1.08. The van der Waals surface area contributed by atoms with Crippen molar-refractivity contribution in [1.29, 1.82) is 0 Å². The van der Waals surface area contributed by atoms with E-state index in [1.165, 1.54) is 6.07 Å². The second kappa shape index (κ2) is 7.91. The van der Waals surface area contributed by atoms with Crippen LogP contribution in [0, 0.1) is 0 Å². The van der Waals surface area contributed by atoms with E-state index in [0.717, 1.165) is 0 Å². The highest BCUT2D eigenvalue weighted by molar-refractivity contribution is 5.89. The quantitative estimate of drug-likeness (QED) is 0.657. The molecule has 0 saturated carbocycles. The van der Waals surface area contributed by atoms with E-state index in [2.05, 4.69) is 10.6 Å². The third-order valence-electron chi connectivity index (χ3n) is 2.05. The number of urea groups is 1. The number of ether oxygens (including phenoxy) is 1. The molecular formula is C12H15FN2O4. The molecular weight excluding hydrogens is 255 g/mol. The maximum absolute atomic E-state index is 11.8. The van der Waals surface area contributed by atoms with Crippen LogP contribution in [0.3, 0.4) is 0 Å². The number of carboxylic acid groups (broad SMARTS) is 1. The Morgan fingerprint density at radius 1 is 1.37 bits per heavy atom. The molecule has 0 fully saturated rings. The van der Waals surface area contributed by atoms with Gasteiger partial charge >= 0.3 is 12.0 Å². The molecule has 1 aromatic rings. The number of hydrogen-bond donors (Lipinski definition) is 3. The molecule has 0 heterocycles. The maximum Gasteiger partial charge on any atom is 0.341 e. The summed E-state index contributed by atoms with van der Waals surface area (Å²) in [6.45, 7) is -0.692. The normalized spacial score (nSPS) is 9.74. The summed E-state index contributed by atoms with van der Waals surface area (Å²) in [5, 5.41) is 13.5. The molecule has 0 radical (unpaired) electrons. The van der Waals surface area contributed by atoms with E-state index >= 15 is 0 Å². The first-order chi connectivity index (χ1) is 9.11. The molecule has 0 spiro atoms. The van der Waals surface area contributed by atoms with Crippen LogP contribution in [0.4, 0.5) is 14.9 Å². The minimum Gasteiger partial charge on any atom is -0.482 e. The van der Waals surface area contributed by atoms with Crippen LogP contribution >= 0.6 is 0 Å². The number of anilines is 1. The van der Waals surface area contributed by atoms with Gasteiger partial charge in [0.1, 0.15) is 5.75 Å². The van der Waals surface area contributed by atoms with Gasteiger partial charge in [-0.15, -0.1) is 0 Å². The lowest BCUT2D eigenvalue weighted by Crippen LogP contribution is -2.29. The van der Waals surface area contributed by atoms with Crippen LogP contribution in [0.1, 0.15) is 6.42 Å². The van der Waals surface area contributed by atoms with Crippen molar-refractivity contribution in [2.45, 2.75) is 6.42 Å². The Balaban J connectivity index is 2.47. The van der Waals surface area contributed by atoms with Gasteiger partial charge < -0.3 is 20.5 Å². The molecule has 0 unspecified atom stereocenters. The zero-order valence-electron chi connectivity index (χ0n) is 10.2. The van der Waals surface area contributed by atoms with Crippen molar-refractivity contribution in [1.82, 2.24) is 5.32 Å². The predicted octanol–water partition coefficient (Wildman–Crippen LogP) is 1.63. The van der Waals surface area contributed by atoms with E-state index in [-0.39, 0.29) is 13.0 Å².